The van der Waals surface area contributed by atoms with Gasteiger partial charge in [0.2, 0.25) is 0 Å². The molecule has 2 rings (SSSR count). The lowest BCUT2D eigenvalue weighted by Gasteiger charge is -2.46. The van der Waals surface area contributed by atoms with Crippen molar-refractivity contribution in [1.82, 2.24) is 0 Å². The maximum atomic E-state index is 2.50. The summed E-state index contributed by atoms with van der Waals surface area (Å²) in [6.45, 7) is 53.6. The molecule has 2 aromatic carbocycles. The van der Waals surface area contributed by atoms with E-state index in [4.69, 9.17) is 0 Å². The normalized spacial score (nSPS) is 15.2. The Kier molecular flexibility index (Phi) is 9.93. The fourth-order valence-electron chi connectivity index (χ4n) is 7.77. The Morgan fingerprint density at radius 3 is 0.977 bits per heavy atom. The molecule has 0 saturated carbocycles. The Bertz CT molecular complexity index is 1240. The molecule has 1 unspecified atom stereocenters. The molecule has 0 radical (unpaired) electrons. The molecule has 0 bridgehead atoms. The molecule has 0 heterocycles. The minimum absolute atomic E-state index is 0.00813. The van der Waals surface area contributed by atoms with Gasteiger partial charge in [0, 0.05) is 0 Å². The van der Waals surface area contributed by atoms with Crippen molar-refractivity contribution in [2.45, 2.75) is 203 Å². The van der Waals surface area contributed by atoms with Crippen LogP contribution >= 0.6 is 0 Å². The Hall–Kier alpha value is -1.56. The number of benzene rings is 2. The fraction of sp³-hybridized carbons (Fsp3) is 0.721. The van der Waals surface area contributed by atoms with E-state index >= 15 is 0 Å². The van der Waals surface area contributed by atoms with Crippen molar-refractivity contribution in [3.05, 3.63) is 68.3 Å². The quantitative estimate of drug-likeness (QED) is 0.334. The number of hydrogen-bond donors (Lipinski definition) is 0. The summed E-state index contributed by atoms with van der Waals surface area (Å²) in [4.78, 5) is 0. The molecule has 1 atom stereocenters. The highest BCUT2D eigenvalue weighted by Crippen LogP contribution is 2.52. The maximum absolute atomic E-state index is 2.50. The van der Waals surface area contributed by atoms with Crippen molar-refractivity contribution >= 4 is 0 Å². The fourth-order valence-corrected chi connectivity index (χ4v) is 7.77. The van der Waals surface area contributed by atoms with Crippen LogP contribution in [0.2, 0.25) is 0 Å². The first kappa shape index (κ1) is 37.6. The highest BCUT2D eigenvalue weighted by Gasteiger charge is 2.43. The van der Waals surface area contributed by atoms with Gasteiger partial charge in [-0.2, -0.15) is 0 Å². The van der Waals surface area contributed by atoms with Crippen molar-refractivity contribution < 1.29 is 0 Å². The molecule has 2 aromatic rings. The molecular formula is C43H72. The Morgan fingerprint density at radius 2 is 0.698 bits per heavy atom. The Balaban J connectivity index is 3.32. The SMILES string of the molecule is CC(Cc1c(C(C)(C)C)c(C(C)(C)C)c(C(C)(C)C)c(C(C)(C)C)c1C(C)(C)C)c1cccc(C(C)(C)C)c1C(C)(C)C. The van der Waals surface area contributed by atoms with Crippen LogP contribution in [0.5, 0.6) is 0 Å². The van der Waals surface area contributed by atoms with Gasteiger partial charge in [-0.25, -0.2) is 0 Å². The first-order chi connectivity index (χ1) is 18.7. The van der Waals surface area contributed by atoms with E-state index < -0.39 is 0 Å². The molecule has 0 fully saturated rings. The molecule has 0 nitrogen and oxygen atoms in total. The van der Waals surface area contributed by atoms with E-state index in [1.807, 2.05) is 0 Å². The topological polar surface area (TPSA) is 0 Å². The summed E-state index contributed by atoms with van der Waals surface area (Å²) in [5, 5.41) is 0. The van der Waals surface area contributed by atoms with Crippen molar-refractivity contribution in [3.63, 3.8) is 0 Å². The van der Waals surface area contributed by atoms with E-state index in [-0.39, 0.29) is 37.9 Å². The van der Waals surface area contributed by atoms with Crippen LogP contribution in [0.1, 0.15) is 208 Å². The summed E-state index contributed by atoms with van der Waals surface area (Å²) in [7, 11) is 0. The van der Waals surface area contributed by atoms with Crippen molar-refractivity contribution in [2.24, 2.45) is 0 Å². The highest BCUT2D eigenvalue weighted by atomic mass is 14.5. The van der Waals surface area contributed by atoms with Crippen LogP contribution < -0.4 is 0 Å². The van der Waals surface area contributed by atoms with Gasteiger partial charge in [-0.05, 0) is 100 Å². The van der Waals surface area contributed by atoms with Gasteiger partial charge in [0.05, 0.1) is 0 Å². The van der Waals surface area contributed by atoms with Gasteiger partial charge in [0.1, 0.15) is 0 Å². The lowest BCUT2D eigenvalue weighted by Crippen LogP contribution is -2.37. The minimum Gasteiger partial charge on any atom is -0.0617 e. The van der Waals surface area contributed by atoms with Gasteiger partial charge >= 0.3 is 0 Å². The van der Waals surface area contributed by atoms with Gasteiger partial charge in [-0.3, -0.25) is 0 Å². The lowest BCUT2D eigenvalue weighted by atomic mass is 9.58. The van der Waals surface area contributed by atoms with Crippen LogP contribution in [0, 0.1) is 0 Å². The third-order valence-corrected chi connectivity index (χ3v) is 9.05. The molecule has 43 heavy (non-hydrogen) atoms. The number of hydrogen-bond acceptors (Lipinski definition) is 0. The third kappa shape index (κ3) is 8.00. The smallest absolute Gasteiger partial charge is 0.0126 e. The second-order valence-corrected chi connectivity index (χ2v) is 21.0. The van der Waals surface area contributed by atoms with Crippen LogP contribution in [0.25, 0.3) is 0 Å². The van der Waals surface area contributed by atoms with Crippen molar-refractivity contribution in [1.29, 1.82) is 0 Å². The Morgan fingerprint density at radius 1 is 0.395 bits per heavy atom. The third-order valence-electron chi connectivity index (χ3n) is 9.05. The molecule has 0 spiro atoms. The van der Waals surface area contributed by atoms with E-state index in [1.165, 1.54) is 11.1 Å². The summed E-state index contributed by atoms with van der Waals surface area (Å²) in [6, 6.07) is 7.14. The average Bonchev–Trinajstić information content (AvgIpc) is 2.72. The van der Waals surface area contributed by atoms with Gasteiger partial charge in [0.15, 0.2) is 0 Å². The standard InChI is InChI=1S/C43H72/c1-27(28-24-23-25-30(37(2,3)4)31(28)38(5,6)7)26-29-32(39(8,9)10)34(41(14,15)16)36(43(20,21)22)35(42(17,18)19)33(29)40(11,12)13/h23-25,27H,26H2,1-22H3. The zero-order chi connectivity index (χ0) is 34.1. The molecule has 0 heteroatoms. The van der Waals surface area contributed by atoms with E-state index in [0.29, 0.717) is 5.92 Å². The van der Waals surface area contributed by atoms with Gasteiger partial charge in [0.25, 0.3) is 0 Å². The first-order valence-corrected chi connectivity index (χ1v) is 17.1. The largest absolute Gasteiger partial charge is 0.0617 e. The van der Waals surface area contributed by atoms with Crippen LogP contribution in [-0.4, -0.2) is 0 Å². The summed E-state index contributed by atoms with van der Waals surface area (Å²) in [6.07, 6.45) is 1.05. The monoisotopic (exact) mass is 589 g/mol. The molecule has 0 aromatic heterocycles. The molecule has 0 aliphatic rings. The molecule has 0 N–H and O–H groups in total. The maximum Gasteiger partial charge on any atom is -0.0126 e. The molecule has 0 aliphatic heterocycles. The summed E-state index contributed by atoms with van der Waals surface area (Å²) in [5.41, 5.74) is 14.4. The van der Waals surface area contributed by atoms with E-state index in [9.17, 15) is 0 Å². The van der Waals surface area contributed by atoms with Gasteiger partial charge in [-0.1, -0.05) is 171 Å². The zero-order valence-corrected chi connectivity index (χ0v) is 33.0. The van der Waals surface area contributed by atoms with Crippen LogP contribution in [0.15, 0.2) is 18.2 Å². The zero-order valence-electron chi connectivity index (χ0n) is 33.0. The van der Waals surface area contributed by atoms with Gasteiger partial charge < -0.3 is 0 Å². The van der Waals surface area contributed by atoms with E-state index in [1.54, 1.807) is 38.9 Å². The van der Waals surface area contributed by atoms with Gasteiger partial charge in [-0.15, -0.1) is 0 Å². The van der Waals surface area contributed by atoms with E-state index in [2.05, 4.69) is 171 Å². The van der Waals surface area contributed by atoms with Crippen molar-refractivity contribution in [2.75, 3.05) is 0 Å². The summed E-state index contributed by atoms with van der Waals surface area (Å²) in [5.74, 6) is 0.389. The highest BCUT2D eigenvalue weighted by molar-refractivity contribution is 5.63. The molecule has 0 aliphatic carbocycles. The second-order valence-electron chi connectivity index (χ2n) is 21.0. The predicted molar refractivity (Wildman–Crippen MR) is 196 cm³/mol. The molecule has 0 saturated heterocycles. The van der Waals surface area contributed by atoms with Crippen molar-refractivity contribution in [3.8, 4) is 0 Å². The summed E-state index contributed by atoms with van der Waals surface area (Å²) < 4.78 is 0. The second kappa shape index (κ2) is 11.4. The first-order valence-electron chi connectivity index (χ1n) is 17.1. The lowest BCUT2D eigenvalue weighted by molar-refractivity contribution is 0.451. The van der Waals surface area contributed by atoms with Crippen LogP contribution in [-0.2, 0) is 44.3 Å². The molecular weight excluding hydrogens is 516 g/mol. The number of rotatable bonds is 3. The van der Waals surface area contributed by atoms with E-state index in [0.717, 1.165) is 6.42 Å². The molecule has 0 amide bonds. The predicted octanol–water partition coefficient (Wildman–Crippen LogP) is 13.1. The van der Waals surface area contributed by atoms with Crippen LogP contribution in [0.4, 0.5) is 0 Å². The molecule has 244 valence electrons. The average molecular weight is 589 g/mol. The Labute approximate surface area is 270 Å². The summed E-state index contributed by atoms with van der Waals surface area (Å²) >= 11 is 0. The minimum atomic E-state index is 0.00813. The van der Waals surface area contributed by atoms with Crippen LogP contribution in [0.3, 0.4) is 0 Å².